The number of rotatable bonds is 3. The Balaban J connectivity index is 0.000000219. The number of hydrogen-bond donors (Lipinski definition) is 2. The van der Waals surface area contributed by atoms with Crippen LogP contribution in [0.5, 0.6) is 0 Å². The van der Waals surface area contributed by atoms with Gasteiger partial charge < -0.3 is 5.11 Å². The first kappa shape index (κ1) is 17.2. The maximum Gasteiger partial charge on any atom is 0.335 e. The molecule has 0 fully saturated rings. The van der Waals surface area contributed by atoms with E-state index in [-0.39, 0.29) is 10.8 Å². The maximum absolute atomic E-state index is 10.7. The van der Waals surface area contributed by atoms with Gasteiger partial charge in [-0.05, 0) is 23.8 Å². The molecular weight excluding hydrogens is 316 g/mol. The van der Waals surface area contributed by atoms with Crippen LogP contribution in [0.4, 0.5) is 0 Å². The summed E-state index contributed by atoms with van der Waals surface area (Å²) in [5, 5.41) is 8.38. The monoisotopic (exact) mass is 328 g/mol. The Bertz CT molecular complexity index is 698. The van der Waals surface area contributed by atoms with E-state index in [9.17, 15) is 13.2 Å². The fourth-order valence-corrected chi connectivity index (χ4v) is 2.48. The lowest BCUT2D eigenvalue weighted by Gasteiger charge is -2.01. The fraction of sp³-hybridized carbons (Fsp3) is 0.0714. The summed E-state index contributed by atoms with van der Waals surface area (Å²) >= 11 is 5.46. The smallest absolute Gasteiger partial charge is 0.335 e. The first-order valence-electron chi connectivity index (χ1n) is 5.76. The van der Waals surface area contributed by atoms with Crippen LogP contribution in [0.3, 0.4) is 0 Å². The number of carboxylic acids is 1. The molecule has 0 unspecified atom stereocenters. The lowest BCUT2D eigenvalue weighted by atomic mass is 10.2. The summed E-state index contributed by atoms with van der Waals surface area (Å²) in [5.74, 6) is -0.814. The summed E-state index contributed by atoms with van der Waals surface area (Å²) in [6.07, 6.45) is 0. The van der Waals surface area contributed by atoms with Gasteiger partial charge in [0.1, 0.15) is 0 Å². The summed E-state index contributed by atoms with van der Waals surface area (Å²) < 4.78 is 30.1. The highest BCUT2D eigenvalue weighted by Crippen LogP contribution is 2.16. The molecule has 0 spiro atoms. The Hall–Kier alpha value is -1.89. The third-order valence-corrected chi connectivity index (χ3v) is 3.66. The van der Waals surface area contributed by atoms with Gasteiger partial charge in [-0.1, -0.05) is 36.4 Å². The Labute approximate surface area is 127 Å². The van der Waals surface area contributed by atoms with Gasteiger partial charge in [-0.25, -0.2) is 4.79 Å². The highest BCUT2D eigenvalue weighted by Gasteiger charge is 2.12. The van der Waals surface area contributed by atoms with Gasteiger partial charge in [0, 0.05) is 5.88 Å². The molecular formula is C14H13ClO5S. The summed E-state index contributed by atoms with van der Waals surface area (Å²) in [5.41, 5.74) is 0.735. The first-order valence-corrected chi connectivity index (χ1v) is 7.73. The zero-order valence-corrected chi connectivity index (χ0v) is 12.4. The minimum Gasteiger partial charge on any atom is -0.478 e. The Morgan fingerprint density at radius 1 is 1.00 bits per heavy atom. The van der Waals surface area contributed by atoms with Crippen molar-refractivity contribution in [2.75, 3.05) is 0 Å². The van der Waals surface area contributed by atoms with E-state index in [1.807, 2.05) is 0 Å². The molecule has 0 atom stereocenters. The molecule has 0 bridgehead atoms. The predicted molar refractivity (Wildman–Crippen MR) is 79.2 cm³/mol. The Kier molecular flexibility index (Phi) is 6.36. The molecule has 0 saturated heterocycles. The Morgan fingerprint density at radius 2 is 1.52 bits per heavy atom. The van der Waals surface area contributed by atoms with Gasteiger partial charge in [-0.2, -0.15) is 8.42 Å². The van der Waals surface area contributed by atoms with Gasteiger partial charge in [0.15, 0.2) is 0 Å². The van der Waals surface area contributed by atoms with Crippen molar-refractivity contribution < 1.29 is 22.9 Å². The SMILES string of the molecule is O=C(O)c1ccccc1.O=S(=O)(O)c1ccccc1CCl. The Morgan fingerprint density at radius 3 is 1.90 bits per heavy atom. The van der Waals surface area contributed by atoms with Crippen LogP contribution in [0, 0.1) is 0 Å². The van der Waals surface area contributed by atoms with Gasteiger partial charge in [0.2, 0.25) is 0 Å². The molecule has 0 aliphatic carbocycles. The molecule has 2 rings (SSSR count). The number of aromatic carboxylic acids is 1. The zero-order chi connectivity index (χ0) is 15.9. The van der Waals surface area contributed by atoms with Crippen molar-refractivity contribution in [1.29, 1.82) is 0 Å². The molecule has 2 N–H and O–H groups in total. The lowest BCUT2D eigenvalue weighted by Crippen LogP contribution is -2.01. The van der Waals surface area contributed by atoms with Gasteiger partial charge in [-0.15, -0.1) is 11.6 Å². The fourth-order valence-electron chi connectivity index (χ4n) is 1.45. The van der Waals surface area contributed by atoms with Crippen molar-refractivity contribution in [3.8, 4) is 0 Å². The molecule has 0 aliphatic heterocycles. The molecule has 112 valence electrons. The number of alkyl halides is 1. The van der Waals surface area contributed by atoms with Crippen molar-refractivity contribution in [3.63, 3.8) is 0 Å². The van der Waals surface area contributed by atoms with Crippen LogP contribution in [-0.4, -0.2) is 24.0 Å². The lowest BCUT2D eigenvalue weighted by molar-refractivity contribution is 0.0697. The van der Waals surface area contributed by atoms with Crippen LogP contribution in [-0.2, 0) is 16.0 Å². The predicted octanol–water partition coefficient (Wildman–Crippen LogP) is 3.06. The summed E-state index contributed by atoms with van der Waals surface area (Å²) in [4.78, 5) is 10.1. The average molecular weight is 329 g/mol. The van der Waals surface area contributed by atoms with Crippen LogP contribution in [0.2, 0.25) is 0 Å². The minimum atomic E-state index is -4.13. The second-order valence-corrected chi connectivity index (χ2v) is 5.54. The van der Waals surface area contributed by atoms with Crippen LogP contribution in [0.15, 0.2) is 59.5 Å². The van der Waals surface area contributed by atoms with Crippen LogP contribution in [0.1, 0.15) is 15.9 Å². The van der Waals surface area contributed by atoms with Crippen LogP contribution < -0.4 is 0 Å². The molecule has 5 nitrogen and oxygen atoms in total. The molecule has 21 heavy (non-hydrogen) atoms. The molecule has 0 heterocycles. The van der Waals surface area contributed by atoms with E-state index in [1.165, 1.54) is 12.1 Å². The van der Waals surface area contributed by atoms with E-state index in [0.29, 0.717) is 11.1 Å². The quantitative estimate of drug-likeness (QED) is 0.667. The number of halogens is 1. The minimum absolute atomic E-state index is 0.0654. The summed E-state index contributed by atoms with van der Waals surface area (Å²) in [7, 11) is -4.13. The molecule has 0 aromatic heterocycles. The second-order valence-electron chi connectivity index (χ2n) is 3.89. The first-order chi connectivity index (χ1) is 9.86. The van der Waals surface area contributed by atoms with E-state index in [2.05, 4.69) is 0 Å². The van der Waals surface area contributed by atoms with E-state index >= 15 is 0 Å². The number of carboxylic acid groups (broad SMARTS) is 1. The van der Waals surface area contributed by atoms with Crippen molar-refractivity contribution in [2.45, 2.75) is 10.8 Å². The highest BCUT2D eigenvalue weighted by molar-refractivity contribution is 7.85. The molecule has 2 aromatic rings. The maximum atomic E-state index is 10.7. The zero-order valence-electron chi connectivity index (χ0n) is 10.8. The largest absolute Gasteiger partial charge is 0.478 e. The van der Waals surface area contributed by atoms with Gasteiger partial charge in [-0.3, -0.25) is 4.55 Å². The normalized spacial score (nSPS) is 10.4. The van der Waals surface area contributed by atoms with Gasteiger partial charge >= 0.3 is 5.97 Å². The van der Waals surface area contributed by atoms with Crippen LogP contribution >= 0.6 is 11.6 Å². The number of carbonyl (C=O) groups is 1. The van der Waals surface area contributed by atoms with Gasteiger partial charge in [0.25, 0.3) is 10.1 Å². The van der Waals surface area contributed by atoms with E-state index in [4.69, 9.17) is 21.3 Å². The van der Waals surface area contributed by atoms with E-state index in [0.717, 1.165) is 0 Å². The molecule has 2 aromatic carbocycles. The van der Waals surface area contributed by atoms with Crippen molar-refractivity contribution in [2.24, 2.45) is 0 Å². The van der Waals surface area contributed by atoms with Crippen molar-refractivity contribution in [3.05, 3.63) is 65.7 Å². The third kappa shape index (κ3) is 5.55. The summed E-state index contributed by atoms with van der Waals surface area (Å²) in [6.45, 7) is 0. The molecule has 7 heteroatoms. The number of benzene rings is 2. The topological polar surface area (TPSA) is 91.7 Å². The third-order valence-electron chi connectivity index (χ3n) is 2.42. The van der Waals surface area contributed by atoms with Crippen molar-refractivity contribution in [1.82, 2.24) is 0 Å². The average Bonchev–Trinajstić information content (AvgIpc) is 2.48. The van der Waals surface area contributed by atoms with E-state index in [1.54, 1.807) is 42.5 Å². The standard InChI is InChI=1S/C7H7ClO3S.C7H6O2/c8-5-6-3-1-2-4-7(6)12(9,10)11;8-7(9)6-4-2-1-3-5-6/h1-4H,5H2,(H,9,10,11);1-5H,(H,8,9). The summed E-state index contributed by atoms with van der Waals surface area (Å²) in [6, 6.07) is 14.3. The van der Waals surface area contributed by atoms with E-state index < -0.39 is 16.1 Å². The molecule has 0 amide bonds. The van der Waals surface area contributed by atoms with Crippen molar-refractivity contribution >= 4 is 27.7 Å². The number of hydrogen-bond acceptors (Lipinski definition) is 3. The van der Waals surface area contributed by atoms with Gasteiger partial charge in [0.05, 0.1) is 10.5 Å². The molecule has 0 radical (unpaired) electrons. The highest BCUT2D eigenvalue weighted by atomic mass is 35.5. The van der Waals surface area contributed by atoms with Crippen LogP contribution in [0.25, 0.3) is 0 Å². The second kappa shape index (κ2) is 7.78. The molecule has 0 saturated carbocycles. The molecule has 0 aliphatic rings.